The second-order valence-electron chi connectivity index (χ2n) is 4.84. The smallest absolute Gasteiger partial charge is 0.426 e. The van der Waals surface area contributed by atoms with Crippen LogP contribution in [0.1, 0.15) is 12.7 Å². The summed E-state index contributed by atoms with van der Waals surface area (Å²) in [5, 5.41) is 0.223. The van der Waals surface area contributed by atoms with Gasteiger partial charge in [-0.25, -0.2) is 20.2 Å². The molecule has 1 amide bonds. The molecule has 0 unspecified atom stereocenters. The minimum Gasteiger partial charge on any atom is -0.449 e. The molecule has 1 aromatic heterocycles. The molecule has 11 nitrogen and oxygen atoms in total. The van der Waals surface area contributed by atoms with Gasteiger partial charge in [0.25, 0.3) is 5.56 Å². The molecule has 0 bridgehead atoms. The van der Waals surface area contributed by atoms with Crippen molar-refractivity contribution in [3.63, 3.8) is 0 Å². The third kappa shape index (κ3) is 4.22. The van der Waals surface area contributed by atoms with Crippen molar-refractivity contribution in [1.29, 1.82) is 0 Å². The lowest BCUT2D eigenvalue weighted by Crippen LogP contribution is -2.35. The Balaban J connectivity index is 2.52. The van der Waals surface area contributed by atoms with Gasteiger partial charge in [0, 0.05) is 0 Å². The molecule has 0 spiro atoms. The Kier molecular flexibility index (Phi) is 5.17. The van der Waals surface area contributed by atoms with Crippen LogP contribution in [0.4, 0.5) is 10.5 Å². The van der Waals surface area contributed by atoms with Crippen LogP contribution in [0.15, 0.2) is 33.0 Å². The number of benzene rings is 1. The van der Waals surface area contributed by atoms with Crippen molar-refractivity contribution in [2.24, 2.45) is 27.2 Å². The molecule has 0 saturated heterocycles. The number of ether oxygens (including phenoxy) is 1. The van der Waals surface area contributed by atoms with Crippen molar-refractivity contribution in [2.45, 2.75) is 13.8 Å². The van der Waals surface area contributed by atoms with Gasteiger partial charge in [-0.05, 0) is 32.0 Å². The number of aromatic nitrogens is 2. The standard InChI is InChI=1S/C14H18N8O3/c1-3-25-14(24)21-22-7(2)18-10-5-4-8(6-9(10)11(22)23)19-13(17)20-12(15)16/h4-6H,3H2,1-2H3,(H,21,24)(H6,15,16,17,19,20). The third-order valence-electron chi connectivity index (χ3n) is 2.99. The molecular formula is C14H18N8O3. The number of nitrogens with one attached hydrogen (secondary N) is 1. The van der Waals surface area contributed by atoms with Crippen molar-refractivity contribution < 1.29 is 9.53 Å². The molecule has 2 rings (SSSR count). The van der Waals surface area contributed by atoms with E-state index in [2.05, 4.69) is 20.4 Å². The third-order valence-corrected chi connectivity index (χ3v) is 2.99. The van der Waals surface area contributed by atoms with Gasteiger partial charge in [0.05, 0.1) is 23.2 Å². The molecular weight excluding hydrogens is 328 g/mol. The van der Waals surface area contributed by atoms with Crippen LogP contribution in [0.3, 0.4) is 0 Å². The minimum atomic E-state index is -0.764. The number of carbonyl (C=O) groups excluding carboxylic acids is 1. The minimum absolute atomic E-state index is 0.163. The first-order valence-corrected chi connectivity index (χ1v) is 7.22. The molecule has 7 N–H and O–H groups in total. The largest absolute Gasteiger partial charge is 0.449 e. The number of aliphatic imine (C=N–C) groups is 2. The summed E-state index contributed by atoms with van der Waals surface area (Å²) in [7, 11) is 0. The van der Waals surface area contributed by atoms with E-state index in [-0.39, 0.29) is 23.9 Å². The molecule has 0 saturated carbocycles. The SMILES string of the molecule is CCOC(=O)Nn1c(C)nc2ccc(N=C(N)N=C(N)N)cc2c1=O. The summed E-state index contributed by atoms with van der Waals surface area (Å²) in [6, 6.07) is 4.66. The van der Waals surface area contributed by atoms with E-state index in [4.69, 9.17) is 21.9 Å². The van der Waals surface area contributed by atoms with E-state index >= 15 is 0 Å². The van der Waals surface area contributed by atoms with E-state index in [0.717, 1.165) is 4.68 Å². The number of nitrogens with two attached hydrogens (primary N) is 3. The highest BCUT2D eigenvalue weighted by Gasteiger charge is 2.11. The van der Waals surface area contributed by atoms with E-state index < -0.39 is 11.7 Å². The summed E-state index contributed by atoms with van der Waals surface area (Å²) in [6.07, 6.45) is -0.764. The maximum Gasteiger partial charge on any atom is 0.426 e. The maximum atomic E-state index is 12.6. The topological polar surface area (TPSA) is 176 Å². The van der Waals surface area contributed by atoms with Crippen molar-refractivity contribution in [1.82, 2.24) is 9.66 Å². The second kappa shape index (κ2) is 7.29. The number of carbonyl (C=O) groups is 1. The molecule has 1 heterocycles. The Morgan fingerprint density at radius 2 is 2.08 bits per heavy atom. The highest BCUT2D eigenvalue weighted by atomic mass is 16.6. The van der Waals surface area contributed by atoms with Gasteiger partial charge < -0.3 is 21.9 Å². The van der Waals surface area contributed by atoms with Crippen LogP contribution in [-0.4, -0.2) is 34.3 Å². The van der Waals surface area contributed by atoms with Gasteiger partial charge in [-0.1, -0.05) is 0 Å². The first-order valence-electron chi connectivity index (χ1n) is 7.22. The van der Waals surface area contributed by atoms with Crippen LogP contribution >= 0.6 is 0 Å². The number of hydrogen-bond donors (Lipinski definition) is 4. The number of hydrogen-bond acceptors (Lipinski definition) is 5. The summed E-state index contributed by atoms with van der Waals surface area (Å²) in [6.45, 7) is 3.40. The van der Waals surface area contributed by atoms with Crippen LogP contribution in [-0.2, 0) is 4.74 Å². The van der Waals surface area contributed by atoms with Gasteiger partial charge >= 0.3 is 6.09 Å². The van der Waals surface area contributed by atoms with Crippen LogP contribution in [0.5, 0.6) is 0 Å². The fourth-order valence-electron chi connectivity index (χ4n) is 2.03. The zero-order valence-corrected chi connectivity index (χ0v) is 13.7. The molecule has 0 fully saturated rings. The zero-order valence-electron chi connectivity index (χ0n) is 13.7. The quantitative estimate of drug-likeness (QED) is 0.432. The predicted molar refractivity (Wildman–Crippen MR) is 94.2 cm³/mol. The average Bonchev–Trinajstić information content (AvgIpc) is 2.51. The van der Waals surface area contributed by atoms with Gasteiger partial charge in [-0.2, -0.15) is 9.67 Å². The lowest BCUT2D eigenvalue weighted by molar-refractivity contribution is 0.164. The lowest BCUT2D eigenvalue weighted by atomic mass is 10.2. The fraction of sp³-hybridized carbons (Fsp3) is 0.214. The predicted octanol–water partition coefficient (Wildman–Crippen LogP) is -0.375. The van der Waals surface area contributed by atoms with E-state index in [0.29, 0.717) is 17.0 Å². The maximum absolute atomic E-state index is 12.6. The Morgan fingerprint density at radius 3 is 2.72 bits per heavy atom. The first kappa shape index (κ1) is 17.7. The van der Waals surface area contributed by atoms with Crippen LogP contribution in [0.25, 0.3) is 10.9 Å². The molecule has 0 radical (unpaired) electrons. The normalized spacial score (nSPS) is 11.2. The van der Waals surface area contributed by atoms with Gasteiger partial charge in [0.15, 0.2) is 5.96 Å². The Labute approximate surface area is 142 Å². The summed E-state index contributed by atoms with van der Waals surface area (Å²) in [5.41, 5.74) is 18.6. The number of nitrogens with zero attached hydrogens (tertiary/aromatic N) is 4. The molecule has 0 aliphatic carbocycles. The van der Waals surface area contributed by atoms with E-state index in [9.17, 15) is 9.59 Å². The fourth-order valence-corrected chi connectivity index (χ4v) is 2.03. The molecule has 2 aromatic rings. The van der Waals surface area contributed by atoms with E-state index in [1.54, 1.807) is 26.0 Å². The van der Waals surface area contributed by atoms with E-state index in [1.807, 2.05) is 0 Å². The number of amides is 1. The summed E-state index contributed by atoms with van der Waals surface area (Å²) < 4.78 is 5.76. The zero-order chi connectivity index (χ0) is 18.6. The molecule has 0 aliphatic rings. The highest BCUT2D eigenvalue weighted by Crippen LogP contribution is 2.17. The molecule has 0 aliphatic heterocycles. The first-order chi connectivity index (χ1) is 11.8. The number of fused-ring (bicyclic) bond motifs is 1. The van der Waals surface area contributed by atoms with Gasteiger partial charge in [0.1, 0.15) is 5.82 Å². The molecule has 0 atom stereocenters. The summed E-state index contributed by atoms with van der Waals surface area (Å²) >= 11 is 0. The van der Waals surface area contributed by atoms with Crippen molar-refractivity contribution >= 4 is 34.6 Å². The average molecular weight is 346 g/mol. The Hall–Kier alpha value is -3.63. The van der Waals surface area contributed by atoms with Gasteiger partial charge in [-0.15, -0.1) is 0 Å². The van der Waals surface area contributed by atoms with Gasteiger partial charge in [0.2, 0.25) is 5.96 Å². The van der Waals surface area contributed by atoms with Crippen molar-refractivity contribution in [2.75, 3.05) is 12.0 Å². The van der Waals surface area contributed by atoms with E-state index in [1.165, 1.54) is 6.07 Å². The highest BCUT2D eigenvalue weighted by molar-refractivity contribution is 5.94. The Bertz CT molecular complexity index is 928. The molecule has 132 valence electrons. The Morgan fingerprint density at radius 1 is 1.36 bits per heavy atom. The molecule has 11 heteroatoms. The van der Waals surface area contributed by atoms with Crippen LogP contribution < -0.4 is 28.2 Å². The second-order valence-corrected chi connectivity index (χ2v) is 4.84. The number of aryl methyl sites for hydroxylation is 1. The van der Waals surface area contributed by atoms with Gasteiger partial charge in [-0.3, -0.25) is 4.79 Å². The lowest BCUT2D eigenvalue weighted by Gasteiger charge is -2.11. The van der Waals surface area contributed by atoms with Crippen molar-refractivity contribution in [3.05, 3.63) is 34.4 Å². The van der Waals surface area contributed by atoms with Crippen molar-refractivity contribution in [3.8, 4) is 0 Å². The molecule has 25 heavy (non-hydrogen) atoms. The summed E-state index contributed by atoms with van der Waals surface area (Å²) in [4.78, 5) is 36.0. The molecule has 1 aromatic carbocycles. The number of rotatable bonds is 3. The van der Waals surface area contributed by atoms with Crippen LogP contribution in [0.2, 0.25) is 0 Å². The number of guanidine groups is 2. The van der Waals surface area contributed by atoms with Crippen LogP contribution in [0, 0.1) is 6.92 Å². The summed E-state index contributed by atoms with van der Waals surface area (Å²) in [5.74, 6) is -0.105. The monoisotopic (exact) mass is 346 g/mol.